The highest BCUT2D eigenvalue weighted by Crippen LogP contribution is 2.23. The van der Waals surface area contributed by atoms with Crippen molar-refractivity contribution in [1.82, 2.24) is 10.2 Å². The maximum absolute atomic E-state index is 12.6. The molecule has 29 heavy (non-hydrogen) atoms. The smallest absolute Gasteiger partial charge is 0.339 e. The number of aryl methyl sites for hydroxylation is 2. The lowest BCUT2D eigenvalue weighted by Crippen LogP contribution is -2.40. The Kier molecular flexibility index (Phi) is 6.59. The molecule has 2 aromatic carbocycles. The van der Waals surface area contributed by atoms with Crippen molar-refractivity contribution in [2.45, 2.75) is 44.6 Å². The summed E-state index contributed by atoms with van der Waals surface area (Å²) in [4.78, 5) is 14.9. The van der Waals surface area contributed by atoms with Crippen molar-refractivity contribution in [1.29, 1.82) is 0 Å². The summed E-state index contributed by atoms with van der Waals surface area (Å²) in [6, 6.07) is 11.8. The lowest BCUT2D eigenvalue weighted by Gasteiger charge is -2.22. The zero-order chi connectivity index (χ0) is 21.0. The van der Waals surface area contributed by atoms with Crippen LogP contribution >= 0.6 is 0 Å². The highest BCUT2D eigenvalue weighted by Gasteiger charge is 2.23. The number of likely N-dealkylation sites (tertiary alicyclic amines) is 1. The molecule has 6 nitrogen and oxygen atoms in total. The Morgan fingerprint density at radius 2 is 1.90 bits per heavy atom. The predicted molar refractivity (Wildman–Crippen MR) is 113 cm³/mol. The lowest BCUT2D eigenvalue weighted by molar-refractivity contribution is 0.0941. The van der Waals surface area contributed by atoms with Crippen LogP contribution in [0.15, 0.2) is 47.4 Å². The molecule has 156 valence electrons. The molecule has 7 heteroatoms. The number of benzene rings is 2. The van der Waals surface area contributed by atoms with Gasteiger partial charge in [0, 0.05) is 18.2 Å². The van der Waals surface area contributed by atoms with Gasteiger partial charge in [-0.15, -0.1) is 0 Å². The molecule has 0 radical (unpaired) electrons. The van der Waals surface area contributed by atoms with Crippen LogP contribution < -0.4 is 9.50 Å². The highest BCUT2D eigenvalue weighted by atomic mass is 32.2. The van der Waals surface area contributed by atoms with Gasteiger partial charge in [-0.25, -0.2) is 0 Å². The van der Waals surface area contributed by atoms with Gasteiger partial charge >= 0.3 is 10.1 Å². The Labute approximate surface area is 173 Å². The van der Waals surface area contributed by atoms with E-state index in [1.165, 1.54) is 12.1 Å². The quantitative estimate of drug-likeness (QED) is 0.701. The average Bonchev–Trinajstić information content (AvgIpc) is 3.15. The fourth-order valence-electron chi connectivity index (χ4n) is 3.67. The zero-order valence-corrected chi connectivity index (χ0v) is 18.0. The van der Waals surface area contributed by atoms with E-state index in [4.69, 9.17) is 4.18 Å². The van der Waals surface area contributed by atoms with Crippen LogP contribution in [0.1, 0.15) is 41.3 Å². The van der Waals surface area contributed by atoms with Gasteiger partial charge in [-0.05, 0) is 81.2 Å². The third-order valence-corrected chi connectivity index (χ3v) is 6.73. The van der Waals surface area contributed by atoms with Crippen LogP contribution in [-0.4, -0.2) is 44.9 Å². The van der Waals surface area contributed by atoms with Crippen molar-refractivity contribution in [3.8, 4) is 5.75 Å². The number of likely N-dealkylation sites (N-methyl/N-ethyl adjacent to an activating group) is 1. The summed E-state index contributed by atoms with van der Waals surface area (Å²) in [5, 5.41) is 2.97. The summed E-state index contributed by atoms with van der Waals surface area (Å²) in [6.45, 7) is 8.38. The molecule has 3 rings (SSSR count). The fourth-order valence-corrected chi connectivity index (χ4v) is 4.91. The monoisotopic (exact) mass is 416 g/mol. The molecule has 1 aliphatic heterocycles. The van der Waals surface area contributed by atoms with E-state index in [-0.39, 0.29) is 16.6 Å². The lowest BCUT2D eigenvalue weighted by atomic mass is 10.2. The summed E-state index contributed by atoms with van der Waals surface area (Å²) >= 11 is 0. The van der Waals surface area contributed by atoms with Gasteiger partial charge in [-0.1, -0.05) is 19.1 Å². The second-order valence-electron chi connectivity index (χ2n) is 7.47. The van der Waals surface area contributed by atoms with Gasteiger partial charge in [-0.3, -0.25) is 9.69 Å². The van der Waals surface area contributed by atoms with Crippen LogP contribution in [-0.2, 0) is 10.1 Å². The summed E-state index contributed by atoms with van der Waals surface area (Å²) in [5.41, 5.74) is 1.94. The number of rotatable bonds is 7. The van der Waals surface area contributed by atoms with E-state index in [0.29, 0.717) is 23.7 Å². The molecule has 1 heterocycles. The highest BCUT2D eigenvalue weighted by molar-refractivity contribution is 7.87. The van der Waals surface area contributed by atoms with Gasteiger partial charge in [-0.2, -0.15) is 8.42 Å². The molecule has 0 aliphatic carbocycles. The minimum atomic E-state index is -3.94. The first kappa shape index (κ1) is 21.3. The molecular formula is C22H28N2O4S. The Morgan fingerprint density at radius 3 is 2.59 bits per heavy atom. The van der Waals surface area contributed by atoms with Gasteiger partial charge in [0.25, 0.3) is 5.91 Å². The van der Waals surface area contributed by atoms with Crippen LogP contribution in [0, 0.1) is 13.8 Å². The third-order valence-electron chi connectivity index (χ3n) is 5.34. The molecule has 1 saturated heterocycles. The summed E-state index contributed by atoms with van der Waals surface area (Å²) < 4.78 is 30.5. The van der Waals surface area contributed by atoms with E-state index < -0.39 is 10.1 Å². The first-order valence-corrected chi connectivity index (χ1v) is 11.3. The molecule has 1 amide bonds. The van der Waals surface area contributed by atoms with Crippen LogP contribution in [0.5, 0.6) is 5.75 Å². The van der Waals surface area contributed by atoms with E-state index >= 15 is 0 Å². The number of hydrogen-bond donors (Lipinski definition) is 1. The summed E-state index contributed by atoms with van der Waals surface area (Å²) in [5.74, 6) is 0.00676. The molecular weight excluding hydrogens is 388 g/mol. The minimum absolute atomic E-state index is 0.149. The van der Waals surface area contributed by atoms with Crippen molar-refractivity contribution < 1.29 is 17.4 Å². The zero-order valence-electron chi connectivity index (χ0n) is 17.1. The van der Waals surface area contributed by atoms with Crippen molar-refractivity contribution in [3.63, 3.8) is 0 Å². The number of amides is 1. The molecule has 1 unspecified atom stereocenters. The van der Waals surface area contributed by atoms with E-state index in [2.05, 4.69) is 17.1 Å². The maximum atomic E-state index is 12.6. The summed E-state index contributed by atoms with van der Waals surface area (Å²) in [6.07, 6.45) is 2.26. The van der Waals surface area contributed by atoms with Gasteiger partial charge < -0.3 is 9.50 Å². The van der Waals surface area contributed by atoms with E-state index in [9.17, 15) is 13.2 Å². The largest absolute Gasteiger partial charge is 0.379 e. The first-order chi connectivity index (χ1) is 13.8. The van der Waals surface area contributed by atoms with E-state index in [0.717, 1.165) is 31.5 Å². The maximum Gasteiger partial charge on any atom is 0.339 e. The number of nitrogens with zero attached hydrogens (tertiary/aromatic N) is 1. The minimum Gasteiger partial charge on any atom is -0.379 e. The number of nitrogens with one attached hydrogen (secondary N) is 1. The second-order valence-corrected chi connectivity index (χ2v) is 8.98. The second kappa shape index (κ2) is 8.97. The van der Waals surface area contributed by atoms with Crippen LogP contribution in [0.2, 0.25) is 0 Å². The van der Waals surface area contributed by atoms with Crippen LogP contribution in [0.3, 0.4) is 0 Å². The normalized spacial score (nSPS) is 17.3. The molecule has 1 aliphatic rings. The van der Waals surface area contributed by atoms with E-state index in [1.54, 1.807) is 31.2 Å². The van der Waals surface area contributed by atoms with Gasteiger partial charge in [0.1, 0.15) is 10.6 Å². The Bertz CT molecular complexity index is 971. The third kappa shape index (κ3) is 5.16. The Morgan fingerprint density at radius 1 is 1.17 bits per heavy atom. The molecule has 1 atom stereocenters. The van der Waals surface area contributed by atoms with Gasteiger partial charge in [0.15, 0.2) is 0 Å². The Hall–Kier alpha value is -2.38. The Balaban J connectivity index is 1.63. The summed E-state index contributed by atoms with van der Waals surface area (Å²) in [7, 11) is -3.94. The SMILES string of the molecule is CCN1CCCC1CNC(=O)c1ccc(OS(=O)(=O)c2cc(C)ccc2C)cc1. The van der Waals surface area contributed by atoms with Crippen LogP contribution in [0.4, 0.5) is 0 Å². The molecule has 1 fully saturated rings. The topological polar surface area (TPSA) is 75.7 Å². The molecule has 1 N–H and O–H groups in total. The molecule has 0 saturated carbocycles. The van der Waals surface area contributed by atoms with Crippen molar-refractivity contribution in [2.75, 3.05) is 19.6 Å². The van der Waals surface area contributed by atoms with Gasteiger partial charge in [0.2, 0.25) is 0 Å². The standard InChI is InChI=1S/C22H28N2O4S/c1-4-24-13-5-6-19(24)15-23-22(25)18-9-11-20(12-10-18)28-29(26,27)21-14-16(2)7-8-17(21)3/h7-12,14,19H,4-6,13,15H2,1-3H3,(H,23,25). The average molecular weight is 417 g/mol. The van der Waals surface area contributed by atoms with E-state index in [1.807, 2.05) is 13.0 Å². The fraction of sp³-hybridized carbons (Fsp3) is 0.409. The number of carbonyl (C=O) groups is 1. The van der Waals surface area contributed by atoms with Crippen molar-refractivity contribution >= 4 is 16.0 Å². The van der Waals surface area contributed by atoms with Crippen molar-refractivity contribution in [2.24, 2.45) is 0 Å². The van der Waals surface area contributed by atoms with Gasteiger partial charge in [0.05, 0.1) is 0 Å². The molecule has 2 aromatic rings. The van der Waals surface area contributed by atoms with Crippen molar-refractivity contribution in [3.05, 3.63) is 59.2 Å². The van der Waals surface area contributed by atoms with Crippen LogP contribution in [0.25, 0.3) is 0 Å². The predicted octanol–water partition coefficient (Wildman–Crippen LogP) is 3.29. The molecule has 0 spiro atoms. The first-order valence-electron chi connectivity index (χ1n) is 9.94. The number of carbonyl (C=O) groups excluding carboxylic acids is 1. The molecule has 0 bridgehead atoms. The number of hydrogen-bond acceptors (Lipinski definition) is 5. The molecule has 0 aromatic heterocycles.